The van der Waals surface area contributed by atoms with Gasteiger partial charge in [0.15, 0.2) is 10.7 Å². The van der Waals surface area contributed by atoms with Gasteiger partial charge in [0.05, 0.1) is 11.0 Å². The Bertz CT molecular complexity index is 987. The minimum atomic E-state index is 0.249. The monoisotopic (exact) mass is 419 g/mol. The van der Waals surface area contributed by atoms with Gasteiger partial charge in [0, 0.05) is 23.8 Å². The van der Waals surface area contributed by atoms with Crippen LogP contribution in [0.4, 0.5) is 5.69 Å². The van der Waals surface area contributed by atoms with E-state index in [4.69, 9.17) is 9.47 Å². The lowest BCUT2D eigenvalue weighted by molar-refractivity contribution is 0.494. The number of diazo groups is 1. The van der Waals surface area contributed by atoms with Gasteiger partial charge >= 0.3 is 5.69 Å². The topological polar surface area (TPSA) is 46.6 Å². The molecule has 0 unspecified atom stereocenters. The molecule has 0 heterocycles. The van der Waals surface area contributed by atoms with Gasteiger partial charge in [0.25, 0.3) is 0 Å². The normalized spacial score (nSPS) is 9.53. The average molecular weight is 420 g/mol. The van der Waals surface area contributed by atoms with E-state index >= 15 is 0 Å². The number of nitrogens with zero attached hydrogens (tertiary/aromatic N) is 2. The van der Waals surface area contributed by atoms with E-state index in [2.05, 4.69) is 61.9 Å². The first-order chi connectivity index (χ1) is 14.7. The van der Waals surface area contributed by atoms with Crippen molar-refractivity contribution >= 4 is 17.4 Å². The summed E-state index contributed by atoms with van der Waals surface area (Å²) in [4.78, 5) is 5.19. The maximum atomic E-state index is 9.43. The van der Waals surface area contributed by atoms with E-state index in [9.17, 15) is 5.39 Å². The van der Waals surface area contributed by atoms with Crippen LogP contribution in [0.5, 0.6) is 11.5 Å². The van der Waals surface area contributed by atoms with Crippen molar-refractivity contribution in [1.29, 1.82) is 5.39 Å². The number of unbranched alkanes of at least 4 members (excludes halogenated alkanes) is 4. The standard InChI is InChI=1S/C25H27N2O2S/c1-4-6-8-10-16-28-23-19-25(30-21-14-12-20(3)13-15-21)24(18-22(23)27-26)29-17-11-9-7-5-2/h12-15,18-19H,4-9H2,1-3H3/q+1. The van der Waals surface area contributed by atoms with E-state index in [1.54, 1.807) is 12.1 Å². The molecule has 0 N–H and O–H groups in total. The van der Waals surface area contributed by atoms with Gasteiger partial charge in [-0.1, -0.05) is 68.0 Å². The summed E-state index contributed by atoms with van der Waals surface area (Å²) in [7, 11) is 0. The first kappa shape index (κ1) is 23.2. The zero-order valence-electron chi connectivity index (χ0n) is 17.8. The molecule has 0 radical (unpaired) electrons. The zero-order chi connectivity index (χ0) is 21.6. The minimum absolute atomic E-state index is 0.249. The van der Waals surface area contributed by atoms with Gasteiger partial charge in [-0.25, -0.2) is 0 Å². The van der Waals surface area contributed by atoms with Crippen LogP contribution in [-0.4, -0.2) is 0 Å². The summed E-state index contributed by atoms with van der Waals surface area (Å²) in [6.07, 6.45) is 11.2. The van der Waals surface area contributed by atoms with E-state index in [1.807, 2.05) is 12.1 Å². The molecule has 5 heteroatoms. The molecule has 0 saturated heterocycles. The number of hydrogen-bond donors (Lipinski definition) is 0. The number of benzene rings is 2. The molecule has 2 aromatic carbocycles. The average Bonchev–Trinajstić information content (AvgIpc) is 2.76. The predicted molar refractivity (Wildman–Crippen MR) is 122 cm³/mol. The number of rotatable bonds is 8. The highest BCUT2D eigenvalue weighted by Crippen LogP contribution is 2.42. The van der Waals surface area contributed by atoms with Crippen molar-refractivity contribution in [3.8, 4) is 35.6 Å². The predicted octanol–water partition coefficient (Wildman–Crippen LogP) is 7.69. The smallest absolute Gasteiger partial charge is 0.406 e. The lowest BCUT2D eigenvalue weighted by Crippen LogP contribution is -1.90. The zero-order valence-corrected chi connectivity index (χ0v) is 18.6. The molecule has 0 aliphatic carbocycles. The Morgan fingerprint density at radius 1 is 0.900 bits per heavy atom. The highest BCUT2D eigenvalue weighted by molar-refractivity contribution is 7.99. The van der Waals surface area contributed by atoms with Crippen LogP contribution in [0.3, 0.4) is 0 Å². The summed E-state index contributed by atoms with van der Waals surface area (Å²) < 4.78 is 11.3. The summed E-state index contributed by atoms with van der Waals surface area (Å²) in [5.41, 5.74) is 1.44. The van der Waals surface area contributed by atoms with Crippen LogP contribution in [0.25, 0.3) is 4.98 Å². The highest BCUT2D eigenvalue weighted by Gasteiger charge is 2.22. The van der Waals surface area contributed by atoms with Gasteiger partial charge in [-0.15, -0.1) is 0 Å². The van der Waals surface area contributed by atoms with E-state index in [0.717, 1.165) is 48.3 Å². The second-order valence-electron chi connectivity index (χ2n) is 6.75. The molecule has 30 heavy (non-hydrogen) atoms. The molecule has 0 bridgehead atoms. The SMILES string of the molecule is CCCCC#COc1cc(Sc2ccc(C)cc2)c(OC#CCCCC)cc1[N+]#N. The van der Waals surface area contributed by atoms with Crippen molar-refractivity contribution in [2.75, 3.05) is 0 Å². The summed E-state index contributed by atoms with van der Waals surface area (Å²) in [6.45, 7) is 6.29. The Morgan fingerprint density at radius 2 is 1.50 bits per heavy atom. The Labute approximate surface area is 184 Å². The first-order valence-corrected chi connectivity index (χ1v) is 11.1. The van der Waals surface area contributed by atoms with Gasteiger partial charge in [0.2, 0.25) is 11.1 Å². The second-order valence-corrected chi connectivity index (χ2v) is 7.87. The Morgan fingerprint density at radius 3 is 2.07 bits per heavy atom. The van der Waals surface area contributed by atoms with Gasteiger partial charge in [-0.3, -0.25) is 0 Å². The maximum absolute atomic E-state index is 9.43. The molecular weight excluding hydrogens is 392 g/mol. The van der Waals surface area contributed by atoms with Crippen molar-refractivity contribution in [1.82, 2.24) is 0 Å². The lowest BCUT2D eigenvalue weighted by atomic mass is 10.2. The van der Waals surface area contributed by atoms with Gasteiger partial charge in [-0.2, -0.15) is 0 Å². The quantitative estimate of drug-likeness (QED) is 0.250. The van der Waals surface area contributed by atoms with Crippen molar-refractivity contribution in [2.45, 2.75) is 69.1 Å². The van der Waals surface area contributed by atoms with Crippen LogP contribution in [0.15, 0.2) is 46.2 Å². The fourth-order valence-corrected chi connectivity index (χ4v) is 3.29. The number of ether oxygens (including phenoxy) is 2. The third-order valence-electron chi connectivity index (χ3n) is 4.16. The Hall–Kier alpha value is -3.07. The van der Waals surface area contributed by atoms with E-state index < -0.39 is 0 Å². The summed E-state index contributed by atoms with van der Waals surface area (Å²) >= 11 is 1.53. The summed E-state index contributed by atoms with van der Waals surface area (Å²) in [6, 6.07) is 11.6. The summed E-state index contributed by atoms with van der Waals surface area (Å²) in [5.74, 6) is 6.88. The fourth-order valence-electron chi connectivity index (χ4n) is 2.40. The van der Waals surface area contributed by atoms with Crippen LogP contribution >= 0.6 is 11.8 Å². The Kier molecular flexibility index (Phi) is 10.2. The van der Waals surface area contributed by atoms with Crippen molar-refractivity contribution in [2.24, 2.45) is 0 Å². The van der Waals surface area contributed by atoms with Crippen LogP contribution in [0.2, 0.25) is 0 Å². The van der Waals surface area contributed by atoms with E-state index in [1.165, 1.54) is 17.3 Å². The lowest BCUT2D eigenvalue weighted by Gasteiger charge is -2.07. The van der Waals surface area contributed by atoms with Crippen LogP contribution in [0, 0.1) is 36.4 Å². The third-order valence-corrected chi connectivity index (χ3v) is 5.21. The fraction of sp³-hybridized carbons (Fsp3) is 0.360. The maximum Gasteiger partial charge on any atom is 0.431 e. The third kappa shape index (κ3) is 7.75. The molecule has 0 fully saturated rings. The van der Waals surface area contributed by atoms with E-state index in [0.29, 0.717) is 11.5 Å². The molecule has 154 valence electrons. The number of aryl methyl sites for hydroxylation is 1. The minimum Gasteiger partial charge on any atom is -0.406 e. The molecule has 0 saturated carbocycles. The van der Waals surface area contributed by atoms with Gasteiger partial charge < -0.3 is 9.47 Å². The molecule has 0 atom stereocenters. The van der Waals surface area contributed by atoms with Crippen molar-refractivity contribution < 1.29 is 9.47 Å². The first-order valence-electron chi connectivity index (χ1n) is 10.2. The molecule has 0 aromatic heterocycles. The van der Waals surface area contributed by atoms with Gasteiger partial charge in [-0.05, 0) is 31.9 Å². The van der Waals surface area contributed by atoms with Gasteiger partial charge in [0.1, 0.15) is 12.2 Å². The van der Waals surface area contributed by atoms with Crippen LogP contribution in [0.1, 0.15) is 57.9 Å². The largest absolute Gasteiger partial charge is 0.431 e. The second kappa shape index (κ2) is 13.2. The Balaban J connectivity index is 2.31. The van der Waals surface area contributed by atoms with Crippen LogP contribution < -0.4 is 9.47 Å². The molecule has 0 spiro atoms. The van der Waals surface area contributed by atoms with Crippen LogP contribution in [-0.2, 0) is 0 Å². The molecule has 2 rings (SSSR count). The van der Waals surface area contributed by atoms with Crippen molar-refractivity contribution in [3.63, 3.8) is 0 Å². The molecule has 0 aliphatic heterocycles. The molecule has 2 aromatic rings. The molecule has 0 amide bonds. The molecule has 0 aliphatic rings. The molecular formula is C25H27N2O2S+. The summed E-state index contributed by atoms with van der Waals surface area (Å²) in [5, 5.41) is 9.43. The highest BCUT2D eigenvalue weighted by atomic mass is 32.2. The van der Waals surface area contributed by atoms with E-state index in [-0.39, 0.29) is 5.69 Å². The molecule has 4 nitrogen and oxygen atoms in total. The van der Waals surface area contributed by atoms with Crippen molar-refractivity contribution in [3.05, 3.63) is 46.9 Å². The number of hydrogen-bond acceptors (Lipinski definition) is 4.